The quantitative estimate of drug-likeness (QED) is 0.172. The fraction of sp³-hybridized carbons (Fsp3) is 0.727. The zero-order valence-electron chi connectivity index (χ0n) is 18.5. The molecule has 2 bridgehead atoms. The van der Waals surface area contributed by atoms with Gasteiger partial charge < -0.3 is 24.1 Å². The summed E-state index contributed by atoms with van der Waals surface area (Å²) in [4.78, 5) is 2.96. The molecule has 3 rings (SSSR count). The van der Waals surface area contributed by atoms with Crippen LogP contribution >= 0.6 is 0 Å². The van der Waals surface area contributed by atoms with Crippen LogP contribution in [0, 0.1) is 0 Å². The summed E-state index contributed by atoms with van der Waals surface area (Å²) in [5, 5.41) is 17.8. The van der Waals surface area contributed by atoms with Crippen molar-refractivity contribution in [3.8, 4) is 0 Å². The van der Waals surface area contributed by atoms with Crippen LogP contribution < -0.4 is 5.32 Å². The predicted octanol–water partition coefficient (Wildman–Crippen LogP) is 2.92. The van der Waals surface area contributed by atoms with E-state index in [4.69, 9.17) is 24.5 Å². The Morgan fingerprint density at radius 3 is 2.77 bits per heavy atom. The highest BCUT2D eigenvalue weighted by molar-refractivity contribution is 5.15. The zero-order chi connectivity index (χ0) is 22.2. The highest BCUT2D eigenvalue weighted by Crippen LogP contribution is 2.34. The van der Waals surface area contributed by atoms with E-state index in [0.717, 1.165) is 19.3 Å². The number of nitrogens with zero attached hydrogens (tertiary/aromatic N) is 3. The summed E-state index contributed by atoms with van der Waals surface area (Å²) >= 11 is 0. The molecule has 1 aromatic rings. The lowest BCUT2D eigenvalue weighted by molar-refractivity contribution is -0.225. The SMILES string of the molecule is CCCCO[C@H]1[C@H](O[C@H](C)C(O)N[C@H](C)Cc2ccccc2)[C@@H](N=[N+]=[N-])[C@@H]2OC[C@H]1O2. The molecule has 8 atom stereocenters. The van der Waals surface area contributed by atoms with E-state index in [1.165, 1.54) is 5.56 Å². The molecule has 1 unspecified atom stereocenters. The zero-order valence-corrected chi connectivity index (χ0v) is 18.5. The maximum Gasteiger partial charge on any atom is 0.169 e. The van der Waals surface area contributed by atoms with Crippen molar-refractivity contribution in [2.75, 3.05) is 13.2 Å². The molecule has 2 saturated heterocycles. The smallest absolute Gasteiger partial charge is 0.169 e. The maximum absolute atomic E-state index is 10.7. The van der Waals surface area contributed by atoms with Gasteiger partial charge in [-0.15, -0.1) is 0 Å². The maximum atomic E-state index is 10.7. The fourth-order valence-corrected chi connectivity index (χ4v) is 4.03. The summed E-state index contributed by atoms with van der Waals surface area (Å²) in [6, 6.07) is 9.46. The van der Waals surface area contributed by atoms with Crippen LogP contribution in [-0.4, -0.2) is 67.3 Å². The van der Waals surface area contributed by atoms with Crippen molar-refractivity contribution in [3.05, 3.63) is 46.3 Å². The molecule has 2 fully saturated rings. The summed E-state index contributed by atoms with van der Waals surface area (Å²) in [5.41, 5.74) is 10.2. The van der Waals surface area contributed by atoms with Crippen molar-refractivity contribution < 1.29 is 24.1 Å². The number of ether oxygens (including phenoxy) is 4. The molecule has 0 amide bonds. The van der Waals surface area contributed by atoms with Gasteiger partial charge in [0.1, 0.15) is 30.6 Å². The number of benzene rings is 1. The third-order valence-corrected chi connectivity index (χ3v) is 5.69. The van der Waals surface area contributed by atoms with Crippen molar-refractivity contribution in [3.63, 3.8) is 0 Å². The topological polar surface area (TPSA) is 118 Å². The molecule has 0 spiro atoms. The molecular weight excluding hydrogens is 400 g/mol. The van der Waals surface area contributed by atoms with E-state index in [2.05, 4.69) is 34.4 Å². The second kappa shape index (κ2) is 11.8. The minimum absolute atomic E-state index is 0.0437. The fourth-order valence-electron chi connectivity index (χ4n) is 4.03. The number of unbranched alkanes of at least 4 members (excludes halogenated alkanes) is 1. The van der Waals surface area contributed by atoms with Crippen LogP contribution in [-0.2, 0) is 25.4 Å². The largest absolute Gasteiger partial charge is 0.376 e. The van der Waals surface area contributed by atoms with E-state index in [-0.39, 0.29) is 12.1 Å². The summed E-state index contributed by atoms with van der Waals surface area (Å²) in [5.74, 6) is 0. The highest BCUT2D eigenvalue weighted by Gasteiger charge is 2.52. The Balaban J connectivity index is 1.63. The van der Waals surface area contributed by atoms with Gasteiger partial charge in [-0.3, -0.25) is 5.32 Å². The number of aliphatic hydroxyl groups is 1. The Kier molecular flexibility index (Phi) is 9.10. The molecular formula is C22H34N4O5. The molecule has 2 N–H and O–H groups in total. The number of rotatable bonds is 12. The monoisotopic (exact) mass is 434 g/mol. The van der Waals surface area contributed by atoms with Crippen LogP contribution in [0.5, 0.6) is 0 Å². The second-order valence-electron chi connectivity index (χ2n) is 8.27. The van der Waals surface area contributed by atoms with Crippen molar-refractivity contribution in [1.29, 1.82) is 0 Å². The summed E-state index contributed by atoms with van der Waals surface area (Å²) < 4.78 is 23.8. The van der Waals surface area contributed by atoms with E-state index in [0.29, 0.717) is 13.2 Å². The van der Waals surface area contributed by atoms with Crippen LogP contribution in [0.1, 0.15) is 39.2 Å². The normalized spacial score (nSPS) is 30.4. The Bertz CT molecular complexity index is 717. The first kappa shape index (κ1) is 23.9. The molecule has 0 radical (unpaired) electrons. The Morgan fingerprint density at radius 2 is 2.06 bits per heavy atom. The number of azide groups is 1. The van der Waals surface area contributed by atoms with Gasteiger partial charge >= 0.3 is 0 Å². The number of fused-ring (bicyclic) bond motifs is 2. The third kappa shape index (κ3) is 6.40. The molecule has 0 saturated carbocycles. The molecule has 172 valence electrons. The predicted molar refractivity (Wildman–Crippen MR) is 115 cm³/mol. The van der Waals surface area contributed by atoms with Crippen molar-refractivity contribution in [2.45, 2.75) is 89.1 Å². The lowest BCUT2D eigenvalue weighted by Crippen LogP contribution is -2.58. The Morgan fingerprint density at radius 1 is 1.29 bits per heavy atom. The molecule has 31 heavy (non-hydrogen) atoms. The van der Waals surface area contributed by atoms with E-state index < -0.39 is 36.9 Å². The highest BCUT2D eigenvalue weighted by atomic mass is 16.7. The van der Waals surface area contributed by atoms with Crippen LogP contribution in [0.3, 0.4) is 0 Å². The van der Waals surface area contributed by atoms with Gasteiger partial charge in [0, 0.05) is 17.6 Å². The van der Waals surface area contributed by atoms with Gasteiger partial charge in [-0.1, -0.05) is 48.8 Å². The van der Waals surface area contributed by atoms with Crippen LogP contribution in [0.25, 0.3) is 10.4 Å². The first-order valence-corrected chi connectivity index (χ1v) is 11.1. The van der Waals surface area contributed by atoms with Crippen molar-refractivity contribution >= 4 is 0 Å². The lowest BCUT2D eigenvalue weighted by atomic mass is 9.98. The lowest BCUT2D eigenvalue weighted by Gasteiger charge is -2.40. The van der Waals surface area contributed by atoms with Gasteiger partial charge in [-0.2, -0.15) is 0 Å². The van der Waals surface area contributed by atoms with E-state index in [1.54, 1.807) is 6.92 Å². The minimum atomic E-state index is -0.900. The summed E-state index contributed by atoms with van der Waals surface area (Å²) in [7, 11) is 0. The van der Waals surface area contributed by atoms with Crippen LogP contribution in [0.15, 0.2) is 35.4 Å². The van der Waals surface area contributed by atoms with E-state index in [9.17, 15) is 5.11 Å². The second-order valence-corrected chi connectivity index (χ2v) is 8.27. The third-order valence-electron chi connectivity index (χ3n) is 5.69. The first-order valence-electron chi connectivity index (χ1n) is 11.1. The number of nitrogens with one attached hydrogen (secondary N) is 1. The van der Waals surface area contributed by atoms with Crippen molar-refractivity contribution in [1.82, 2.24) is 5.32 Å². The number of hydrogen-bond acceptors (Lipinski definition) is 7. The van der Waals surface area contributed by atoms with Gasteiger partial charge in [-0.25, -0.2) is 0 Å². The summed E-state index contributed by atoms with van der Waals surface area (Å²) in [6.07, 6.45) is -0.726. The van der Waals surface area contributed by atoms with Gasteiger partial charge in [0.25, 0.3) is 0 Å². The van der Waals surface area contributed by atoms with Crippen molar-refractivity contribution in [2.24, 2.45) is 5.11 Å². The molecule has 0 aromatic heterocycles. The standard InChI is InChI=1S/C22H34N4O5/c1-4-5-11-28-19-17-13-29-22(31-17)18(25-26-23)20(19)30-15(3)21(27)24-14(2)12-16-9-7-6-8-10-16/h6-10,14-15,17-22,24,27H,4-5,11-13H2,1-3H3/t14-,15-,17-,18-,19-,20-,21?,22-/m1/s1. The molecule has 1 aromatic carbocycles. The number of aliphatic hydroxyl groups excluding tert-OH is 1. The summed E-state index contributed by atoms with van der Waals surface area (Å²) in [6.45, 7) is 6.82. The van der Waals surface area contributed by atoms with Gasteiger partial charge in [0.15, 0.2) is 6.29 Å². The molecule has 2 aliphatic heterocycles. The molecule has 9 nitrogen and oxygen atoms in total. The van der Waals surface area contributed by atoms with Gasteiger partial charge in [-0.05, 0) is 37.8 Å². The molecule has 2 aliphatic rings. The Labute approximate surface area is 183 Å². The van der Waals surface area contributed by atoms with E-state index in [1.807, 2.05) is 25.1 Å². The average molecular weight is 435 g/mol. The first-order chi connectivity index (χ1) is 15.0. The van der Waals surface area contributed by atoms with Crippen LogP contribution in [0.4, 0.5) is 0 Å². The molecule has 9 heteroatoms. The minimum Gasteiger partial charge on any atom is -0.376 e. The van der Waals surface area contributed by atoms with E-state index >= 15 is 0 Å². The molecule has 2 heterocycles. The van der Waals surface area contributed by atoms with Gasteiger partial charge in [0.05, 0.1) is 12.7 Å². The Hall–Kier alpha value is -1.71. The van der Waals surface area contributed by atoms with Gasteiger partial charge in [0.2, 0.25) is 0 Å². The average Bonchev–Trinajstić information content (AvgIpc) is 3.19. The number of hydrogen-bond donors (Lipinski definition) is 2. The molecule has 0 aliphatic carbocycles. The van der Waals surface area contributed by atoms with Crippen LogP contribution in [0.2, 0.25) is 0 Å².